The van der Waals surface area contributed by atoms with Crippen LogP contribution >= 0.6 is 18.9 Å². The van der Waals surface area contributed by atoms with Gasteiger partial charge in [-0.1, -0.05) is 12.1 Å². The van der Waals surface area contributed by atoms with Crippen molar-refractivity contribution in [3.05, 3.63) is 59.1 Å². The first-order valence-corrected chi connectivity index (χ1v) is 19.6. The molecule has 4 aliphatic heterocycles. The Labute approximate surface area is 291 Å². The van der Waals surface area contributed by atoms with Crippen molar-refractivity contribution < 1.29 is 37.5 Å². The number of carbonyl (C=O) groups is 3. The molecule has 5 aliphatic rings. The number of piperazine rings is 1. The molecular formula is C34H39F2N6O6PS. The van der Waals surface area contributed by atoms with Gasteiger partial charge in [0.1, 0.15) is 17.9 Å². The minimum absolute atomic E-state index is 0.0327. The van der Waals surface area contributed by atoms with Gasteiger partial charge in [-0.3, -0.25) is 23.8 Å². The maximum Gasteiger partial charge on any atom is 0.399 e. The molecule has 2 aromatic heterocycles. The van der Waals surface area contributed by atoms with Gasteiger partial charge >= 0.3 is 13.3 Å². The van der Waals surface area contributed by atoms with Crippen molar-refractivity contribution in [1.82, 2.24) is 25.0 Å². The highest BCUT2D eigenvalue weighted by Crippen LogP contribution is 2.59. The van der Waals surface area contributed by atoms with E-state index in [0.29, 0.717) is 42.5 Å². The zero-order valence-corrected chi connectivity index (χ0v) is 28.9. The monoisotopic (exact) mass is 728 g/mol. The fourth-order valence-electron chi connectivity index (χ4n) is 8.31. The zero-order valence-electron chi connectivity index (χ0n) is 27.2. The number of benzene rings is 1. The predicted octanol–water partition coefficient (Wildman–Crippen LogP) is 3.44. The number of anilines is 1. The molecule has 0 bridgehead atoms. The maximum atomic E-state index is 14.3. The number of aromatic nitrogens is 1. The molecule has 0 spiro atoms. The molecule has 4 saturated heterocycles. The third-order valence-corrected chi connectivity index (χ3v) is 13.4. The number of halogens is 2. The SMILES string of the molecule is O=C(N[C@H]1C[C@@H]2C[C@@H]2C[C@H]2CC[C@@H](C(=O)N3CC(N4CCN(c5ccccn5)CC4)C3)N2C1=O)c1cc2cc(C(F)(F)P(=O)(O)O)ccc2s1. The van der Waals surface area contributed by atoms with Crippen LogP contribution in [-0.4, -0.2) is 111 Å². The highest BCUT2D eigenvalue weighted by Gasteiger charge is 2.53. The normalized spacial score (nSPS) is 27.7. The van der Waals surface area contributed by atoms with Gasteiger partial charge in [0.05, 0.1) is 4.88 Å². The molecule has 5 atom stereocenters. The van der Waals surface area contributed by atoms with Crippen molar-refractivity contribution in [3.63, 3.8) is 0 Å². The van der Waals surface area contributed by atoms with Gasteiger partial charge in [0.15, 0.2) is 0 Å². The lowest BCUT2D eigenvalue weighted by molar-refractivity contribution is -0.151. The van der Waals surface area contributed by atoms with Gasteiger partial charge in [-0.2, -0.15) is 8.78 Å². The van der Waals surface area contributed by atoms with Crippen molar-refractivity contribution >= 4 is 52.6 Å². The lowest BCUT2D eigenvalue weighted by Gasteiger charge is -2.49. The van der Waals surface area contributed by atoms with E-state index in [1.807, 2.05) is 23.1 Å². The smallest absolute Gasteiger partial charge is 0.354 e. The molecule has 5 fully saturated rings. The number of alkyl halides is 2. The third kappa shape index (κ3) is 6.10. The molecule has 0 radical (unpaired) electrons. The van der Waals surface area contributed by atoms with E-state index in [-0.39, 0.29) is 34.2 Å². The molecule has 3 aromatic rings. The number of nitrogens with one attached hydrogen (secondary N) is 1. The van der Waals surface area contributed by atoms with Crippen LogP contribution < -0.4 is 10.2 Å². The fourth-order valence-corrected chi connectivity index (χ4v) is 9.73. The summed E-state index contributed by atoms with van der Waals surface area (Å²) in [6, 6.07) is 9.37. The molecule has 266 valence electrons. The number of rotatable bonds is 7. The molecule has 0 unspecified atom stereocenters. The summed E-state index contributed by atoms with van der Waals surface area (Å²) in [7, 11) is -5.75. The second-order valence-electron chi connectivity index (χ2n) is 14.3. The number of nitrogens with zero attached hydrogens (tertiary/aromatic N) is 5. The summed E-state index contributed by atoms with van der Waals surface area (Å²) in [4.78, 5) is 72.9. The van der Waals surface area contributed by atoms with Gasteiger partial charge in [-0.05, 0) is 79.7 Å². The molecule has 16 heteroatoms. The van der Waals surface area contributed by atoms with Crippen LogP contribution in [0.4, 0.5) is 14.6 Å². The van der Waals surface area contributed by atoms with E-state index < -0.39 is 36.8 Å². The van der Waals surface area contributed by atoms with E-state index in [4.69, 9.17) is 9.79 Å². The number of carbonyl (C=O) groups excluding carboxylic acids is 3. The van der Waals surface area contributed by atoms with Crippen LogP contribution in [0.1, 0.15) is 47.3 Å². The van der Waals surface area contributed by atoms with Crippen LogP contribution in [0.25, 0.3) is 10.1 Å². The van der Waals surface area contributed by atoms with Gasteiger partial charge in [0, 0.05) is 67.8 Å². The molecule has 3 N–H and O–H groups in total. The summed E-state index contributed by atoms with van der Waals surface area (Å²) in [6.07, 6.45) is 5.45. The highest BCUT2D eigenvalue weighted by molar-refractivity contribution is 7.52. The highest BCUT2D eigenvalue weighted by atomic mass is 32.1. The van der Waals surface area contributed by atoms with Gasteiger partial charge in [-0.25, -0.2) is 4.98 Å². The summed E-state index contributed by atoms with van der Waals surface area (Å²) in [6.45, 7) is 4.79. The molecule has 1 aliphatic carbocycles. The second kappa shape index (κ2) is 12.6. The van der Waals surface area contributed by atoms with Gasteiger partial charge in [0.25, 0.3) is 5.91 Å². The third-order valence-electron chi connectivity index (χ3n) is 11.3. The fraction of sp³-hybridized carbons (Fsp3) is 0.529. The van der Waals surface area contributed by atoms with Crippen LogP contribution in [0.5, 0.6) is 0 Å². The van der Waals surface area contributed by atoms with Crippen LogP contribution in [-0.2, 0) is 19.8 Å². The Kier molecular flexibility index (Phi) is 8.49. The molecule has 12 nitrogen and oxygen atoms in total. The Morgan fingerprint density at radius 2 is 1.72 bits per heavy atom. The summed E-state index contributed by atoms with van der Waals surface area (Å²) >= 11 is 1.05. The molecule has 6 heterocycles. The molecule has 1 saturated carbocycles. The standard InChI is InChI=1S/C34H39F2N6O6PS/c35-34(36,49(46,47)48)23-4-7-28-22(14-23)17-29(50-28)31(43)38-26-16-21-13-20(21)15-24-5-6-27(42(24)32(26)44)33(45)41-18-25(19-41)39-9-11-40(12-10-39)30-3-1-2-8-37-30/h1-4,7-8,14,17,20-21,24-27H,5-6,9-13,15-16,18-19H2,(H,38,43)(H2,46,47,48)/t20-,21+,24-,26+,27+/m1/s1. The predicted molar refractivity (Wildman–Crippen MR) is 182 cm³/mol. The minimum atomic E-state index is -5.75. The van der Waals surface area contributed by atoms with E-state index >= 15 is 0 Å². The Morgan fingerprint density at radius 3 is 2.44 bits per heavy atom. The minimum Gasteiger partial charge on any atom is -0.354 e. The van der Waals surface area contributed by atoms with Gasteiger partial charge in [-0.15, -0.1) is 11.3 Å². The average Bonchev–Trinajstić information content (AvgIpc) is 3.44. The van der Waals surface area contributed by atoms with Crippen molar-refractivity contribution in [2.75, 3.05) is 44.2 Å². The molecule has 50 heavy (non-hydrogen) atoms. The Bertz CT molecular complexity index is 1860. The first kappa shape index (κ1) is 33.6. The Hall–Kier alpha value is -3.49. The quantitative estimate of drug-likeness (QED) is 0.312. The first-order valence-electron chi connectivity index (χ1n) is 17.2. The van der Waals surface area contributed by atoms with Gasteiger partial charge < -0.3 is 29.8 Å². The number of pyridine rings is 1. The summed E-state index contributed by atoms with van der Waals surface area (Å²) in [5.41, 5.74) is -5.21. The van der Waals surface area contributed by atoms with Crippen LogP contribution in [0.15, 0.2) is 48.7 Å². The van der Waals surface area contributed by atoms with Gasteiger partial charge in [0.2, 0.25) is 11.8 Å². The van der Waals surface area contributed by atoms with E-state index in [2.05, 4.69) is 20.1 Å². The van der Waals surface area contributed by atoms with E-state index in [0.717, 1.165) is 74.7 Å². The number of hydrogen-bond donors (Lipinski definition) is 3. The summed E-state index contributed by atoms with van der Waals surface area (Å²) in [5, 5.41) is 3.14. The molecular weight excluding hydrogens is 689 g/mol. The van der Waals surface area contributed by atoms with Crippen molar-refractivity contribution in [3.8, 4) is 0 Å². The van der Waals surface area contributed by atoms with Crippen molar-refractivity contribution in [2.24, 2.45) is 11.8 Å². The maximum absolute atomic E-state index is 14.3. The Morgan fingerprint density at radius 1 is 0.960 bits per heavy atom. The number of fused-ring (bicyclic) bond motifs is 3. The number of amides is 3. The molecule has 1 aromatic carbocycles. The number of hydrogen-bond acceptors (Lipinski definition) is 8. The lowest BCUT2D eigenvalue weighted by Crippen LogP contribution is -2.67. The van der Waals surface area contributed by atoms with Crippen molar-refractivity contribution in [1.29, 1.82) is 0 Å². The average molecular weight is 729 g/mol. The Balaban J connectivity index is 0.923. The molecule has 3 amide bonds. The van der Waals surface area contributed by atoms with E-state index in [1.54, 1.807) is 11.1 Å². The van der Waals surface area contributed by atoms with E-state index in [9.17, 15) is 27.7 Å². The van der Waals surface area contributed by atoms with Crippen LogP contribution in [0.3, 0.4) is 0 Å². The lowest BCUT2D eigenvalue weighted by atomic mass is 9.98. The largest absolute Gasteiger partial charge is 0.399 e. The van der Waals surface area contributed by atoms with Crippen molar-refractivity contribution in [2.45, 2.75) is 61.9 Å². The summed E-state index contributed by atoms with van der Waals surface area (Å²) in [5.74, 6) is 0.921. The van der Waals surface area contributed by atoms with Crippen LogP contribution in [0.2, 0.25) is 0 Å². The number of thiophene rings is 1. The summed E-state index contributed by atoms with van der Waals surface area (Å²) < 4.78 is 40.6. The van der Waals surface area contributed by atoms with E-state index in [1.165, 1.54) is 12.1 Å². The topological polar surface area (TPSA) is 147 Å². The second-order valence-corrected chi connectivity index (χ2v) is 17.0. The zero-order chi connectivity index (χ0) is 34.9. The van der Waals surface area contributed by atoms with Crippen LogP contribution in [0, 0.1) is 11.8 Å². The first-order chi connectivity index (χ1) is 23.9. The molecule has 8 rings (SSSR count). The number of likely N-dealkylation sites (tertiary alicyclic amines) is 1.